The first kappa shape index (κ1) is 24.3. The van der Waals surface area contributed by atoms with Crippen LogP contribution in [0.1, 0.15) is 61.3 Å². The summed E-state index contributed by atoms with van der Waals surface area (Å²) >= 11 is 3.79. The largest absolute Gasteiger partial charge is 0.493 e. The first-order chi connectivity index (χ1) is 12.6. The van der Waals surface area contributed by atoms with Crippen LogP contribution < -0.4 is 5.32 Å². The Bertz CT molecular complexity index is 646. The summed E-state index contributed by atoms with van der Waals surface area (Å²) in [6.45, 7) is 13.5. The van der Waals surface area contributed by atoms with E-state index in [1.54, 1.807) is 20.8 Å². The number of thiol groups is 1. The molecule has 1 saturated carbocycles. The van der Waals surface area contributed by atoms with Gasteiger partial charge in [-0.05, 0) is 40.2 Å². The molecule has 0 radical (unpaired) electrons. The van der Waals surface area contributed by atoms with Crippen LogP contribution in [0.25, 0.3) is 0 Å². The first-order valence-electron chi connectivity index (χ1n) is 9.36. The van der Waals surface area contributed by atoms with Crippen LogP contribution in [0.15, 0.2) is 11.8 Å². The maximum Gasteiger partial charge on any atom is 0.408 e. The number of hydrogen-bond acceptors (Lipinski definition) is 6. The summed E-state index contributed by atoms with van der Waals surface area (Å²) in [5.41, 5.74) is -0.944. The predicted octanol–water partition coefficient (Wildman–Crippen LogP) is 3.58. The van der Waals surface area contributed by atoms with Crippen molar-refractivity contribution in [3.63, 3.8) is 0 Å². The van der Waals surface area contributed by atoms with Gasteiger partial charge in [-0.25, -0.2) is 9.59 Å². The fourth-order valence-electron chi connectivity index (χ4n) is 2.85. The van der Waals surface area contributed by atoms with Crippen molar-refractivity contribution in [1.29, 1.82) is 0 Å². The second kappa shape index (κ2) is 8.76. The molecule has 160 valence electrons. The van der Waals surface area contributed by atoms with E-state index < -0.39 is 23.7 Å². The summed E-state index contributed by atoms with van der Waals surface area (Å²) in [4.78, 5) is 33.3. The Kier molecular flexibility index (Phi) is 7.61. The highest BCUT2D eigenvalue weighted by Crippen LogP contribution is 2.48. The highest BCUT2D eigenvalue weighted by Gasteiger charge is 2.51. The molecular formula is C20H33NO6S. The highest BCUT2D eigenvalue weighted by molar-refractivity contribution is 7.80. The van der Waals surface area contributed by atoms with Crippen LogP contribution in [0.2, 0.25) is 0 Å². The normalized spacial score (nSPS) is 24.9. The molecule has 2 N–H and O–H groups in total. The number of fused-ring (bicyclic) bond motifs is 1. The molecule has 1 aliphatic heterocycles. The van der Waals surface area contributed by atoms with E-state index in [1.807, 2.05) is 13.0 Å². The van der Waals surface area contributed by atoms with Crippen LogP contribution in [-0.4, -0.2) is 46.5 Å². The number of allylic oxidation sites excluding steroid dienone is 1. The molecule has 3 atom stereocenters. The number of Topliss-reactive ketones (excluding diaryl/α,β-unsaturated/α-hetero) is 1. The van der Waals surface area contributed by atoms with Gasteiger partial charge in [0, 0.05) is 17.6 Å². The number of rotatable bonds is 3. The van der Waals surface area contributed by atoms with Gasteiger partial charge >= 0.3 is 12.1 Å². The van der Waals surface area contributed by atoms with E-state index in [9.17, 15) is 14.4 Å². The first-order valence-corrected chi connectivity index (χ1v) is 10.00. The molecule has 1 heterocycles. The molecule has 0 aromatic heterocycles. The number of carbonyl (C=O) groups is 3. The quantitative estimate of drug-likeness (QED) is 0.609. The van der Waals surface area contributed by atoms with Gasteiger partial charge in [0.1, 0.15) is 23.5 Å². The lowest BCUT2D eigenvalue weighted by Gasteiger charge is -2.22. The molecule has 1 aliphatic carbocycles. The van der Waals surface area contributed by atoms with Gasteiger partial charge in [-0.3, -0.25) is 4.79 Å². The smallest absolute Gasteiger partial charge is 0.408 e. The third-order valence-corrected chi connectivity index (χ3v) is 4.88. The fourth-order valence-corrected chi connectivity index (χ4v) is 3.10. The van der Waals surface area contributed by atoms with E-state index in [4.69, 9.17) is 14.6 Å². The van der Waals surface area contributed by atoms with E-state index in [0.29, 0.717) is 12.2 Å². The molecule has 28 heavy (non-hydrogen) atoms. The van der Waals surface area contributed by atoms with Crippen molar-refractivity contribution in [3.05, 3.63) is 11.8 Å². The zero-order valence-electron chi connectivity index (χ0n) is 17.8. The van der Waals surface area contributed by atoms with Gasteiger partial charge in [-0.15, -0.1) is 0 Å². The lowest BCUT2D eigenvalue weighted by atomic mass is 9.84. The third-order valence-electron chi connectivity index (χ3n) is 4.51. The SMILES string of the molecule is CC(C)(C)C1=C[C@@]2(C)C(=O)CCC2O1.CC(C)(C)OC(=O)N[C@@H](CS)C(=O)O. The molecule has 8 heteroatoms. The molecule has 7 nitrogen and oxygen atoms in total. The Morgan fingerprint density at radius 3 is 2.32 bits per heavy atom. The van der Waals surface area contributed by atoms with Crippen molar-refractivity contribution >= 4 is 30.5 Å². The summed E-state index contributed by atoms with van der Waals surface area (Å²) in [6.07, 6.45) is 2.95. The number of nitrogens with one attached hydrogen (secondary N) is 1. The predicted molar refractivity (Wildman–Crippen MR) is 109 cm³/mol. The lowest BCUT2D eigenvalue weighted by molar-refractivity contribution is -0.138. The topological polar surface area (TPSA) is 102 Å². The average molecular weight is 416 g/mol. The van der Waals surface area contributed by atoms with Crippen molar-refractivity contribution in [2.45, 2.75) is 79.1 Å². The Morgan fingerprint density at radius 2 is 1.93 bits per heavy atom. The molecule has 0 aromatic rings. The zero-order valence-corrected chi connectivity index (χ0v) is 18.7. The van der Waals surface area contributed by atoms with E-state index >= 15 is 0 Å². The molecule has 2 aliphatic rings. The van der Waals surface area contributed by atoms with Gasteiger partial charge in [0.2, 0.25) is 0 Å². The molecule has 0 spiro atoms. The van der Waals surface area contributed by atoms with Gasteiger partial charge in [0.15, 0.2) is 0 Å². The number of alkyl carbamates (subject to hydrolysis) is 1. The van der Waals surface area contributed by atoms with Crippen LogP contribution >= 0.6 is 12.6 Å². The summed E-state index contributed by atoms with van der Waals surface area (Å²) in [6, 6.07) is -1.02. The van der Waals surface area contributed by atoms with E-state index in [2.05, 4.69) is 38.7 Å². The number of ether oxygens (including phenoxy) is 2. The molecular weight excluding hydrogens is 382 g/mol. The summed E-state index contributed by atoms with van der Waals surface area (Å²) in [5, 5.41) is 10.8. The molecule has 1 fully saturated rings. The average Bonchev–Trinajstić information content (AvgIpc) is 2.99. The molecule has 1 amide bonds. The highest BCUT2D eigenvalue weighted by atomic mass is 32.1. The fraction of sp³-hybridized carbons (Fsp3) is 0.750. The van der Waals surface area contributed by atoms with Crippen LogP contribution in [0.3, 0.4) is 0 Å². The molecule has 0 aromatic carbocycles. The molecule has 1 unspecified atom stereocenters. The second-order valence-electron chi connectivity index (χ2n) is 9.33. The molecule has 0 bridgehead atoms. The van der Waals surface area contributed by atoms with Gasteiger partial charge in [0.05, 0.1) is 11.2 Å². The monoisotopic (exact) mass is 415 g/mol. The summed E-state index contributed by atoms with van der Waals surface area (Å²) in [5.74, 6) is 0.208. The minimum atomic E-state index is -1.13. The summed E-state index contributed by atoms with van der Waals surface area (Å²) in [7, 11) is 0. The van der Waals surface area contributed by atoms with E-state index in [1.165, 1.54) is 0 Å². The Morgan fingerprint density at radius 1 is 1.36 bits per heavy atom. The van der Waals surface area contributed by atoms with Gasteiger partial charge in [-0.2, -0.15) is 12.6 Å². The van der Waals surface area contributed by atoms with Crippen molar-refractivity contribution in [3.8, 4) is 0 Å². The van der Waals surface area contributed by atoms with Gasteiger partial charge < -0.3 is 19.9 Å². The number of amides is 1. The third kappa shape index (κ3) is 6.43. The number of hydrogen-bond donors (Lipinski definition) is 3. The van der Waals surface area contributed by atoms with Crippen LogP contribution in [0.5, 0.6) is 0 Å². The van der Waals surface area contributed by atoms with Gasteiger partial charge in [-0.1, -0.05) is 20.8 Å². The lowest BCUT2D eigenvalue weighted by Crippen LogP contribution is -2.44. The Hall–Kier alpha value is -1.70. The minimum Gasteiger partial charge on any atom is -0.493 e. The minimum absolute atomic E-state index is 0.0215. The second-order valence-corrected chi connectivity index (χ2v) is 9.69. The number of carboxylic acids is 1. The van der Waals surface area contributed by atoms with E-state index in [-0.39, 0.29) is 22.7 Å². The standard InChI is InChI=1S/C12H18O2.C8H15NO4S/c1-11(2,3)10-7-12(4)8(13)5-6-9(12)14-10;1-8(2,3)13-7(12)9-5(4-14)6(10)11/h7,9H,5-6H2,1-4H3;5,14H,4H2,1-3H3,(H,9,12)(H,10,11)/t9?,12-;5-/m00/s1. The van der Waals surface area contributed by atoms with Crippen molar-refractivity contribution in [2.24, 2.45) is 10.8 Å². The van der Waals surface area contributed by atoms with Crippen LogP contribution in [0.4, 0.5) is 4.79 Å². The zero-order chi connectivity index (χ0) is 21.9. The number of carboxylic acid groups (broad SMARTS) is 1. The van der Waals surface area contributed by atoms with Crippen molar-refractivity contribution in [2.75, 3.05) is 5.75 Å². The molecule has 2 rings (SSSR count). The van der Waals surface area contributed by atoms with Crippen molar-refractivity contribution < 1.29 is 29.0 Å². The maximum absolute atomic E-state index is 11.7. The molecule has 0 saturated heterocycles. The Balaban J connectivity index is 0.000000280. The van der Waals surface area contributed by atoms with Crippen LogP contribution in [-0.2, 0) is 19.1 Å². The van der Waals surface area contributed by atoms with Crippen molar-refractivity contribution in [1.82, 2.24) is 5.32 Å². The van der Waals surface area contributed by atoms with E-state index in [0.717, 1.165) is 12.2 Å². The maximum atomic E-state index is 11.7. The van der Waals surface area contributed by atoms with Gasteiger partial charge in [0.25, 0.3) is 0 Å². The number of ketones is 1. The summed E-state index contributed by atoms with van der Waals surface area (Å²) < 4.78 is 10.7. The Labute approximate surface area is 172 Å². The number of carbonyl (C=O) groups excluding carboxylic acids is 2. The number of aliphatic carboxylic acids is 1. The van der Waals surface area contributed by atoms with Crippen LogP contribution in [0, 0.1) is 10.8 Å².